The number of unbranched alkanes of at least 4 members (excludes halogenated alkanes) is 14. The van der Waals surface area contributed by atoms with Crippen LogP contribution in [0.25, 0.3) is 0 Å². The molecule has 0 amide bonds. The fourth-order valence-electron chi connectivity index (χ4n) is 5.64. The van der Waals surface area contributed by atoms with Crippen LogP contribution in [0.5, 0.6) is 0 Å². The van der Waals surface area contributed by atoms with Crippen LogP contribution in [-0.2, 0) is 32.7 Å². The Kier molecular flexibility index (Phi) is 37.8. The molecule has 59 heavy (non-hydrogen) atoms. The van der Waals surface area contributed by atoms with Crippen molar-refractivity contribution < 1.29 is 47.2 Å². The van der Waals surface area contributed by atoms with Crippen LogP contribution in [0.3, 0.4) is 0 Å². The molecule has 0 saturated heterocycles. The number of likely N-dealkylation sites (N-methyl/N-ethyl adjacent to an activating group) is 1. The normalized spacial score (nSPS) is 14.8. The molecule has 1 N–H and O–H groups in total. The molecule has 0 aromatic heterocycles. The molecule has 0 bridgehead atoms. The van der Waals surface area contributed by atoms with Gasteiger partial charge >= 0.3 is 11.9 Å². The van der Waals surface area contributed by atoms with Crippen molar-refractivity contribution in [2.45, 2.75) is 174 Å². The Hall–Kier alpha value is -2.59. The monoisotopic (exact) mass is 850 g/mol. The fraction of sp³-hybridized carbons (Fsp3) is 0.708. The van der Waals surface area contributed by atoms with Gasteiger partial charge in [0, 0.05) is 12.8 Å². The van der Waals surface area contributed by atoms with Crippen LogP contribution in [0.2, 0.25) is 0 Å². The van der Waals surface area contributed by atoms with Gasteiger partial charge in [-0.1, -0.05) is 145 Å². The number of quaternary nitrogens is 1. The summed E-state index contributed by atoms with van der Waals surface area (Å²) in [7, 11) is 1.08. The number of carbonyl (C=O) groups excluding carboxylic acids is 2. The summed E-state index contributed by atoms with van der Waals surface area (Å²) in [5.74, 6) is -0.956. The number of phosphoric ester groups is 1. The molecule has 0 spiro atoms. The van der Waals surface area contributed by atoms with Gasteiger partial charge in [0.2, 0.25) is 0 Å². The Morgan fingerprint density at radius 1 is 0.627 bits per heavy atom. The van der Waals surface area contributed by atoms with Gasteiger partial charge in [-0.05, 0) is 77.0 Å². The number of aliphatic hydroxyl groups is 1. The topological polar surface area (TPSA) is 131 Å². The zero-order chi connectivity index (χ0) is 43.7. The van der Waals surface area contributed by atoms with E-state index in [0.717, 1.165) is 38.5 Å². The zero-order valence-corrected chi connectivity index (χ0v) is 38.7. The minimum absolute atomic E-state index is 0.0574. The lowest BCUT2D eigenvalue weighted by molar-refractivity contribution is -0.870. The van der Waals surface area contributed by atoms with E-state index in [1.54, 1.807) is 6.08 Å². The van der Waals surface area contributed by atoms with E-state index in [1.807, 2.05) is 57.6 Å². The lowest BCUT2D eigenvalue weighted by Crippen LogP contribution is -2.37. The summed E-state index contributed by atoms with van der Waals surface area (Å²) >= 11 is 0. The fourth-order valence-corrected chi connectivity index (χ4v) is 6.37. The summed E-state index contributed by atoms with van der Waals surface area (Å²) in [5.41, 5.74) is 0. The lowest BCUT2D eigenvalue weighted by atomic mass is 10.1. The van der Waals surface area contributed by atoms with Crippen molar-refractivity contribution in [2.24, 2.45) is 0 Å². The number of nitrogens with zero attached hydrogens (tertiary/aromatic N) is 1. The predicted octanol–water partition coefficient (Wildman–Crippen LogP) is 11.4. The van der Waals surface area contributed by atoms with E-state index in [0.29, 0.717) is 43.1 Å². The second kappa shape index (κ2) is 39.5. The predicted molar refractivity (Wildman–Crippen MR) is 242 cm³/mol. The molecular formula is C48H84NO9P. The van der Waals surface area contributed by atoms with Crippen molar-refractivity contribution in [3.8, 4) is 0 Å². The van der Waals surface area contributed by atoms with E-state index in [4.69, 9.17) is 18.5 Å². The van der Waals surface area contributed by atoms with Gasteiger partial charge in [-0.2, -0.15) is 0 Å². The molecule has 0 aromatic rings. The summed E-state index contributed by atoms with van der Waals surface area (Å²) in [6.45, 7) is 3.99. The summed E-state index contributed by atoms with van der Waals surface area (Å²) < 4.78 is 33.8. The van der Waals surface area contributed by atoms with Gasteiger partial charge in [0.05, 0.1) is 33.9 Å². The minimum Gasteiger partial charge on any atom is -0.756 e. The number of esters is 2. The average molecular weight is 850 g/mol. The van der Waals surface area contributed by atoms with Gasteiger partial charge in [-0.3, -0.25) is 14.2 Å². The molecule has 1 unspecified atom stereocenters. The molecule has 340 valence electrons. The van der Waals surface area contributed by atoms with E-state index < -0.39 is 38.6 Å². The number of phosphoric acid groups is 1. The van der Waals surface area contributed by atoms with Crippen LogP contribution in [0.15, 0.2) is 72.9 Å². The zero-order valence-electron chi connectivity index (χ0n) is 37.8. The van der Waals surface area contributed by atoms with Crippen LogP contribution < -0.4 is 4.89 Å². The van der Waals surface area contributed by atoms with Gasteiger partial charge in [-0.25, -0.2) is 0 Å². The molecule has 0 saturated carbocycles. The van der Waals surface area contributed by atoms with Gasteiger partial charge in [0.15, 0.2) is 6.10 Å². The first-order chi connectivity index (χ1) is 28.4. The number of carbonyl (C=O) groups is 2. The highest BCUT2D eigenvalue weighted by Crippen LogP contribution is 2.38. The molecule has 0 aromatic carbocycles. The Bertz CT molecular complexity index is 1250. The van der Waals surface area contributed by atoms with Crippen LogP contribution >= 0.6 is 7.82 Å². The third-order valence-corrected chi connectivity index (χ3v) is 10.2. The van der Waals surface area contributed by atoms with Gasteiger partial charge < -0.3 is 33.0 Å². The van der Waals surface area contributed by atoms with E-state index in [-0.39, 0.29) is 26.1 Å². The molecule has 0 fully saturated rings. The van der Waals surface area contributed by atoms with E-state index in [9.17, 15) is 24.2 Å². The molecule has 0 heterocycles. The highest BCUT2D eigenvalue weighted by atomic mass is 31.2. The number of allylic oxidation sites excluding steroid dienone is 10. The summed E-state index contributed by atoms with van der Waals surface area (Å²) in [5, 5.41) is 10.1. The van der Waals surface area contributed by atoms with E-state index >= 15 is 0 Å². The summed E-state index contributed by atoms with van der Waals surface area (Å²) in [6.07, 6.45) is 45.3. The smallest absolute Gasteiger partial charge is 0.306 e. The molecule has 10 nitrogen and oxygen atoms in total. The number of aliphatic hydroxyl groups excluding tert-OH is 1. The average Bonchev–Trinajstić information content (AvgIpc) is 3.18. The van der Waals surface area contributed by atoms with Gasteiger partial charge in [0.1, 0.15) is 19.8 Å². The van der Waals surface area contributed by atoms with Gasteiger partial charge in [-0.15, -0.1) is 0 Å². The summed E-state index contributed by atoms with van der Waals surface area (Å²) in [6, 6.07) is 0. The SMILES string of the molecule is CCCCC/C=C\C=C/[C@H](O)C/C=C\C/C=C/CCCC(=O)O[C@H](COC(=O)CCCCCCCCC/C=C\C/C=C\CCCCC)COP(=O)([O-])OCC[N+](C)(C)C. The van der Waals surface area contributed by atoms with Crippen LogP contribution in [0.1, 0.15) is 162 Å². The molecule has 0 rings (SSSR count). The highest BCUT2D eigenvalue weighted by Gasteiger charge is 2.21. The Morgan fingerprint density at radius 2 is 1.15 bits per heavy atom. The van der Waals surface area contributed by atoms with Gasteiger partial charge in [0.25, 0.3) is 7.82 Å². The van der Waals surface area contributed by atoms with Crippen molar-refractivity contribution in [1.82, 2.24) is 0 Å². The quantitative estimate of drug-likeness (QED) is 0.0160. The second-order valence-corrected chi connectivity index (χ2v) is 17.7. The maximum absolute atomic E-state index is 12.7. The van der Waals surface area contributed by atoms with E-state index in [1.165, 1.54) is 64.2 Å². The van der Waals surface area contributed by atoms with Crippen molar-refractivity contribution in [1.29, 1.82) is 0 Å². The molecule has 11 heteroatoms. The maximum Gasteiger partial charge on any atom is 0.306 e. The molecule has 0 radical (unpaired) electrons. The number of rotatable bonds is 40. The third-order valence-electron chi connectivity index (χ3n) is 9.28. The molecular weight excluding hydrogens is 766 g/mol. The van der Waals surface area contributed by atoms with Crippen molar-refractivity contribution >= 4 is 19.8 Å². The number of ether oxygens (including phenoxy) is 2. The second-order valence-electron chi connectivity index (χ2n) is 16.3. The molecule has 3 atom stereocenters. The first-order valence-corrected chi connectivity index (χ1v) is 24.2. The van der Waals surface area contributed by atoms with Crippen molar-refractivity contribution in [3.63, 3.8) is 0 Å². The van der Waals surface area contributed by atoms with E-state index in [2.05, 4.69) is 44.2 Å². The first kappa shape index (κ1) is 56.4. The first-order valence-electron chi connectivity index (χ1n) is 22.8. The Labute approximate surface area is 360 Å². The summed E-state index contributed by atoms with van der Waals surface area (Å²) in [4.78, 5) is 37.6. The van der Waals surface area contributed by atoms with Crippen LogP contribution in [0.4, 0.5) is 0 Å². The minimum atomic E-state index is -4.66. The van der Waals surface area contributed by atoms with Crippen LogP contribution in [-0.4, -0.2) is 81.2 Å². The number of hydrogen-bond acceptors (Lipinski definition) is 9. The third kappa shape index (κ3) is 43.3. The lowest BCUT2D eigenvalue weighted by Gasteiger charge is -2.28. The Balaban J connectivity index is 4.52. The standard InChI is InChI=1S/C48H84NO9P/c1-6-8-10-12-14-15-16-17-18-19-20-21-22-23-27-31-35-39-47(51)55-43-46(44-57-59(53,54)56-42-41-49(3,4)5)58-48(52)40-36-32-28-24-26-30-34-38-45(50)37-33-29-25-13-11-9-7-2/h14-15,17-18,24-25,28-30,33-34,37,45-46,50H,6-13,16,19-23,26-27,31-32,35-36,38-44H2,1-5H3/b15-14-,18-17-,28-24+,29-25-,34-30-,37-33-/t45-,46+/m0/s1. The highest BCUT2D eigenvalue weighted by molar-refractivity contribution is 7.45. The maximum atomic E-state index is 12.7. The molecule has 0 aliphatic carbocycles. The largest absolute Gasteiger partial charge is 0.756 e. The Morgan fingerprint density at radius 3 is 1.76 bits per heavy atom. The van der Waals surface area contributed by atoms with Crippen molar-refractivity contribution in [3.05, 3.63) is 72.9 Å². The number of hydrogen-bond donors (Lipinski definition) is 1. The van der Waals surface area contributed by atoms with Crippen LogP contribution in [0, 0.1) is 0 Å². The molecule has 0 aliphatic rings. The molecule has 0 aliphatic heterocycles. The van der Waals surface area contributed by atoms with Crippen molar-refractivity contribution in [2.75, 3.05) is 47.5 Å².